The van der Waals surface area contributed by atoms with Crippen molar-refractivity contribution in [3.05, 3.63) is 47.7 Å². The van der Waals surface area contributed by atoms with Crippen LogP contribution in [0.5, 0.6) is 0 Å². The summed E-state index contributed by atoms with van der Waals surface area (Å²) in [6.45, 7) is 2.38. The van der Waals surface area contributed by atoms with Crippen LogP contribution in [0.4, 0.5) is 0 Å². The van der Waals surface area contributed by atoms with E-state index in [0.717, 1.165) is 16.5 Å². The van der Waals surface area contributed by atoms with Gasteiger partial charge >= 0.3 is 0 Å². The second-order valence-corrected chi connectivity index (χ2v) is 4.22. The molecule has 0 saturated heterocycles. The van der Waals surface area contributed by atoms with Crippen LogP contribution >= 0.6 is 0 Å². The maximum absolute atomic E-state index is 9.17. The number of aliphatic hydroxyl groups is 1. The van der Waals surface area contributed by atoms with E-state index >= 15 is 0 Å². The molecule has 5 nitrogen and oxygen atoms in total. The molecular formula is C13H13N3O2. The van der Waals surface area contributed by atoms with Crippen LogP contribution in [0.3, 0.4) is 0 Å². The molecule has 18 heavy (non-hydrogen) atoms. The zero-order chi connectivity index (χ0) is 12.5. The van der Waals surface area contributed by atoms with Gasteiger partial charge in [-0.25, -0.2) is 0 Å². The van der Waals surface area contributed by atoms with Crippen molar-refractivity contribution in [3.63, 3.8) is 0 Å². The Labute approximate surface area is 104 Å². The fourth-order valence-electron chi connectivity index (χ4n) is 2.02. The molecule has 0 aliphatic carbocycles. The molecule has 0 radical (unpaired) electrons. The Morgan fingerprint density at radius 3 is 2.94 bits per heavy atom. The smallest absolute Gasteiger partial charge is 0.223 e. The van der Waals surface area contributed by atoms with Crippen molar-refractivity contribution in [2.45, 2.75) is 20.1 Å². The van der Waals surface area contributed by atoms with E-state index < -0.39 is 0 Å². The molecule has 0 unspecified atom stereocenters. The molecule has 5 heteroatoms. The van der Waals surface area contributed by atoms with Gasteiger partial charge in [-0.1, -0.05) is 17.3 Å². The summed E-state index contributed by atoms with van der Waals surface area (Å²) in [6, 6.07) is 7.93. The molecule has 2 heterocycles. The average molecular weight is 243 g/mol. The van der Waals surface area contributed by atoms with E-state index in [4.69, 9.17) is 9.63 Å². The predicted octanol–water partition coefficient (Wildman–Crippen LogP) is 1.87. The number of benzene rings is 1. The largest absolute Gasteiger partial charge is 0.392 e. The second-order valence-electron chi connectivity index (χ2n) is 4.22. The molecule has 0 amide bonds. The monoisotopic (exact) mass is 243 g/mol. The molecule has 0 fully saturated rings. The molecule has 92 valence electrons. The summed E-state index contributed by atoms with van der Waals surface area (Å²) in [4.78, 5) is 4.19. The van der Waals surface area contributed by atoms with Crippen molar-refractivity contribution in [2.75, 3.05) is 0 Å². The molecule has 3 rings (SSSR count). The first-order valence-electron chi connectivity index (χ1n) is 5.74. The first kappa shape index (κ1) is 11.0. The number of rotatable bonds is 3. The van der Waals surface area contributed by atoms with Gasteiger partial charge in [0.1, 0.15) is 0 Å². The lowest BCUT2D eigenvalue weighted by molar-refractivity contribution is 0.282. The van der Waals surface area contributed by atoms with E-state index in [-0.39, 0.29) is 6.61 Å². The minimum atomic E-state index is 0.0441. The highest BCUT2D eigenvalue weighted by Gasteiger charge is 2.06. The van der Waals surface area contributed by atoms with Crippen LogP contribution in [0.25, 0.3) is 10.9 Å². The van der Waals surface area contributed by atoms with Crippen molar-refractivity contribution in [1.82, 2.24) is 14.7 Å². The molecule has 0 saturated carbocycles. The fourth-order valence-corrected chi connectivity index (χ4v) is 2.02. The predicted molar refractivity (Wildman–Crippen MR) is 66.0 cm³/mol. The Bertz CT molecular complexity index is 684. The molecule has 3 aromatic rings. The summed E-state index contributed by atoms with van der Waals surface area (Å²) in [5.74, 6) is 1.22. The summed E-state index contributed by atoms with van der Waals surface area (Å²) < 4.78 is 7.00. The lowest BCUT2D eigenvalue weighted by atomic mass is 10.2. The number of fused-ring (bicyclic) bond motifs is 1. The summed E-state index contributed by atoms with van der Waals surface area (Å²) in [6.07, 6.45) is 1.98. The van der Waals surface area contributed by atoms with Gasteiger partial charge < -0.3 is 14.2 Å². The third kappa shape index (κ3) is 1.89. The molecule has 1 aromatic carbocycles. The molecule has 0 atom stereocenters. The van der Waals surface area contributed by atoms with E-state index in [0.29, 0.717) is 18.3 Å². The Morgan fingerprint density at radius 2 is 2.22 bits per heavy atom. The van der Waals surface area contributed by atoms with Crippen LogP contribution in [0.2, 0.25) is 0 Å². The third-order valence-corrected chi connectivity index (χ3v) is 2.90. The number of aliphatic hydroxyl groups excluding tert-OH is 1. The number of aromatic nitrogens is 3. The van der Waals surface area contributed by atoms with Gasteiger partial charge in [-0.05, 0) is 23.1 Å². The molecule has 0 bridgehead atoms. The Balaban J connectivity index is 2.01. The van der Waals surface area contributed by atoms with Gasteiger partial charge in [-0.2, -0.15) is 4.98 Å². The van der Waals surface area contributed by atoms with Crippen LogP contribution in [0.1, 0.15) is 17.3 Å². The van der Waals surface area contributed by atoms with Crippen LogP contribution in [0, 0.1) is 6.92 Å². The zero-order valence-electron chi connectivity index (χ0n) is 10.00. The van der Waals surface area contributed by atoms with Crippen molar-refractivity contribution < 1.29 is 9.63 Å². The van der Waals surface area contributed by atoms with Gasteiger partial charge in [-0.3, -0.25) is 0 Å². The first-order valence-corrected chi connectivity index (χ1v) is 5.74. The average Bonchev–Trinajstić information content (AvgIpc) is 2.96. The SMILES string of the molecule is Cc1nc(Cn2ccc3ccc(CO)cc32)no1. The highest BCUT2D eigenvalue weighted by Crippen LogP contribution is 2.18. The highest BCUT2D eigenvalue weighted by atomic mass is 16.5. The lowest BCUT2D eigenvalue weighted by Crippen LogP contribution is -2.00. The summed E-state index contributed by atoms with van der Waals surface area (Å²) >= 11 is 0. The van der Waals surface area contributed by atoms with Crippen LogP contribution in [0.15, 0.2) is 35.0 Å². The third-order valence-electron chi connectivity index (χ3n) is 2.90. The molecule has 1 N–H and O–H groups in total. The Hall–Kier alpha value is -2.14. The maximum Gasteiger partial charge on any atom is 0.223 e. The summed E-state index contributed by atoms with van der Waals surface area (Å²) in [5, 5.41) is 14.2. The standard InChI is InChI=1S/C13H13N3O2/c1-9-14-13(15-18-9)7-16-5-4-11-3-2-10(8-17)6-12(11)16/h2-6,17H,7-8H2,1H3. The normalized spacial score (nSPS) is 11.2. The van der Waals surface area contributed by atoms with Crippen molar-refractivity contribution in [1.29, 1.82) is 0 Å². The van der Waals surface area contributed by atoms with Gasteiger partial charge in [0, 0.05) is 18.6 Å². The summed E-state index contributed by atoms with van der Waals surface area (Å²) in [7, 11) is 0. The van der Waals surface area contributed by atoms with Crippen molar-refractivity contribution in [2.24, 2.45) is 0 Å². The van der Waals surface area contributed by atoms with Crippen molar-refractivity contribution >= 4 is 10.9 Å². The van der Waals surface area contributed by atoms with Gasteiger partial charge in [0.2, 0.25) is 5.89 Å². The highest BCUT2D eigenvalue weighted by molar-refractivity contribution is 5.80. The van der Waals surface area contributed by atoms with Gasteiger partial charge in [0.05, 0.1) is 13.2 Å². The van der Waals surface area contributed by atoms with E-state index in [1.54, 1.807) is 6.92 Å². The van der Waals surface area contributed by atoms with Crippen LogP contribution in [-0.2, 0) is 13.2 Å². The molecule has 0 aliphatic rings. The van der Waals surface area contributed by atoms with Gasteiger partial charge in [0.25, 0.3) is 0 Å². The fraction of sp³-hybridized carbons (Fsp3) is 0.231. The number of hydrogen-bond donors (Lipinski definition) is 1. The van der Waals surface area contributed by atoms with E-state index in [2.05, 4.69) is 10.1 Å². The zero-order valence-corrected chi connectivity index (χ0v) is 10.00. The molecular weight excluding hydrogens is 230 g/mol. The van der Waals surface area contributed by atoms with Crippen molar-refractivity contribution in [3.8, 4) is 0 Å². The maximum atomic E-state index is 9.17. The lowest BCUT2D eigenvalue weighted by Gasteiger charge is -2.03. The van der Waals surface area contributed by atoms with E-state index in [1.165, 1.54) is 0 Å². The second kappa shape index (κ2) is 4.27. The number of hydrogen-bond acceptors (Lipinski definition) is 4. The Kier molecular flexibility index (Phi) is 2.60. The number of aryl methyl sites for hydroxylation is 1. The Morgan fingerprint density at radius 1 is 1.33 bits per heavy atom. The first-order chi connectivity index (χ1) is 8.76. The van der Waals surface area contributed by atoms with Gasteiger partial charge in [-0.15, -0.1) is 0 Å². The van der Waals surface area contributed by atoms with E-state index in [9.17, 15) is 0 Å². The van der Waals surface area contributed by atoms with Crippen LogP contribution < -0.4 is 0 Å². The van der Waals surface area contributed by atoms with E-state index in [1.807, 2.05) is 35.0 Å². The molecule has 0 spiro atoms. The quantitative estimate of drug-likeness (QED) is 0.762. The molecule has 2 aromatic heterocycles. The van der Waals surface area contributed by atoms with Crippen LogP contribution in [-0.4, -0.2) is 19.8 Å². The minimum Gasteiger partial charge on any atom is -0.392 e. The number of nitrogens with zero attached hydrogens (tertiary/aromatic N) is 3. The summed E-state index contributed by atoms with van der Waals surface area (Å²) in [5.41, 5.74) is 1.95. The van der Waals surface area contributed by atoms with Gasteiger partial charge in [0.15, 0.2) is 5.82 Å². The topological polar surface area (TPSA) is 64.1 Å². The minimum absolute atomic E-state index is 0.0441. The molecule has 0 aliphatic heterocycles.